The Labute approximate surface area is 215 Å². The summed E-state index contributed by atoms with van der Waals surface area (Å²) in [6.07, 6.45) is 5.17. The number of aromatic nitrogens is 3. The van der Waals surface area contributed by atoms with Crippen molar-refractivity contribution in [1.29, 1.82) is 0 Å². The van der Waals surface area contributed by atoms with Crippen LogP contribution in [0.25, 0.3) is 0 Å². The first-order valence-corrected chi connectivity index (χ1v) is 11.9. The lowest BCUT2D eigenvalue weighted by Crippen LogP contribution is -2.30. The fourth-order valence-corrected chi connectivity index (χ4v) is 3.75. The molecule has 2 aromatic heterocycles. The number of methoxy groups -OCH3 is 2. The van der Waals surface area contributed by atoms with Crippen LogP contribution in [-0.4, -0.2) is 65.6 Å². The molecule has 2 amide bonds. The van der Waals surface area contributed by atoms with Crippen LogP contribution in [-0.2, 0) is 4.74 Å². The van der Waals surface area contributed by atoms with E-state index in [1.165, 1.54) is 4.90 Å². The van der Waals surface area contributed by atoms with Crippen LogP contribution in [0.15, 0.2) is 48.8 Å². The number of rotatable bonds is 11. The van der Waals surface area contributed by atoms with Crippen LogP contribution in [0.3, 0.4) is 0 Å². The van der Waals surface area contributed by atoms with Gasteiger partial charge in [-0.15, -0.1) is 0 Å². The predicted molar refractivity (Wildman–Crippen MR) is 139 cm³/mol. The quantitative estimate of drug-likeness (QED) is 0.232. The average molecular weight is 501 g/mol. The summed E-state index contributed by atoms with van der Waals surface area (Å²) in [5.41, 5.74) is 2.30. The molecular formula is C27H28N6O4. The van der Waals surface area contributed by atoms with Crippen LogP contribution < -0.4 is 15.4 Å². The number of unbranched alkanes of at least 4 members (excludes halogenated alkanes) is 1. The number of anilines is 3. The zero-order valence-electron chi connectivity index (χ0n) is 20.8. The highest BCUT2D eigenvalue weighted by Crippen LogP contribution is 2.23. The monoisotopic (exact) mass is 500 g/mol. The normalized spacial score (nSPS) is 12.1. The van der Waals surface area contributed by atoms with Gasteiger partial charge < -0.3 is 20.1 Å². The molecule has 4 rings (SSSR count). The molecule has 0 saturated heterocycles. The second kappa shape index (κ2) is 12.5. The fraction of sp³-hybridized carbons (Fsp3) is 0.296. The Morgan fingerprint density at radius 2 is 1.81 bits per heavy atom. The molecule has 3 aromatic rings. The van der Waals surface area contributed by atoms with Crippen LogP contribution in [0.5, 0.6) is 5.88 Å². The summed E-state index contributed by atoms with van der Waals surface area (Å²) in [4.78, 5) is 39.4. The van der Waals surface area contributed by atoms with Crippen molar-refractivity contribution in [3.8, 4) is 17.7 Å². The number of carbonyl (C=O) groups is 2. The van der Waals surface area contributed by atoms with Gasteiger partial charge in [0, 0.05) is 51.2 Å². The van der Waals surface area contributed by atoms with Gasteiger partial charge in [-0.2, -0.15) is 4.98 Å². The smallest absolute Gasteiger partial charge is 0.261 e. The maximum Gasteiger partial charge on any atom is 0.261 e. The van der Waals surface area contributed by atoms with Gasteiger partial charge in [0.1, 0.15) is 5.82 Å². The molecule has 1 aromatic carbocycles. The molecule has 10 heteroatoms. The van der Waals surface area contributed by atoms with E-state index in [0.717, 1.165) is 12.1 Å². The third-order valence-corrected chi connectivity index (χ3v) is 5.59. The Hall–Kier alpha value is -4.49. The number of nitrogens with zero attached hydrogens (tertiary/aromatic N) is 4. The van der Waals surface area contributed by atoms with Gasteiger partial charge in [-0.05, 0) is 31.0 Å². The number of hydrogen-bond donors (Lipinski definition) is 2. The Morgan fingerprint density at radius 3 is 2.54 bits per heavy atom. The summed E-state index contributed by atoms with van der Waals surface area (Å²) in [5.74, 6) is 7.21. The van der Waals surface area contributed by atoms with Crippen molar-refractivity contribution in [3.63, 3.8) is 0 Å². The average Bonchev–Trinajstić information content (AvgIpc) is 3.17. The molecule has 0 radical (unpaired) electrons. The topological polar surface area (TPSA) is 119 Å². The first kappa shape index (κ1) is 25.6. The number of pyridine rings is 1. The van der Waals surface area contributed by atoms with Crippen molar-refractivity contribution in [1.82, 2.24) is 19.9 Å². The molecule has 190 valence electrons. The summed E-state index contributed by atoms with van der Waals surface area (Å²) in [6.45, 7) is 1.60. The van der Waals surface area contributed by atoms with Gasteiger partial charge in [0.2, 0.25) is 11.8 Å². The molecule has 1 aliphatic rings. The van der Waals surface area contributed by atoms with Gasteiger partial charge in [0.15, 0.2) is 0 Å². The Morgan fingerprint density at radius 1 is 1.03 bits per heavy atom. The Bertz CT molecular complexity index is 1300. The molecule has 0 bridgehead atoms. The number of amides is 2. The van der Waals surface area contributed by atoms with E-state index in [4.69, 9.17) is 9.47 Å². The van der Waals surface area contributed by atoms with E-state index in [0.29, 0.717) is 66.9 Å². The van der Waals surface area contributed by atoms with Gasteiger partial charge in [-0.1, -0.05) is 24.0 Å². The van der Waals surface area contributed by atoms with E-state index in [9.17, 15) is 9.59 Å². The van der Waals surface area contributed by atoms with Crippen molar-refractivity contribution in [2.45, 2.75) is 19.3 Å². The molecule has 0 atom stereocenters. The lowest BCUT2D eigenvalue weighted by atomic mass is 10.1. The number of carbonyl (C=O) groups excluding carboxylic acids is 2. The van der Waals surface area contributed by atoms with Crippen molar-refractivity contribution < 1.29 is 19.1 Å². The van der Waals surface area contributed by atoms with E-state index in [-0.39, 0.29) is 11.8 Å². The second-order valence-electron chi connectivity index (χ2n) is 8.15. The largest absolute Gasteiger partial charge is 0.481 e. The molecule has 0 aliphatic carbocycles. The summed E-state index contributed by atoms with van der Waals surface area (Å²) < 4.78 is 10.3. The van der Waals surface area contributed by atoms with E-state index in [2.05, 4.69) is 37.4 Å². The van der Waals surface area contributed by atoms with E-state index in [1.54, 1.807) is 63.0 Å². The molecule has 37 heavy (non-hydrogen) atoms. The number of hydrogen-bond acceptors (Lipinski definition) is 9. The highest BCUT2D eigenvalue weighted by Gasteiger charge is 2.34. The van der Waals surface area contributed by atoms with Crippen molar-refractivity contribution in [2.75, 3.05) is 44.5 Å². The van der Waals surface area contributed by atoms with Gasteiger partial charge >= 0.3 is 0 Å². The first-order chi connectivity index (χ1) is 18.1. The molecule has 1 aliphatic heterocycles. The van der Waals surface area contributed by atoms with Crippen LogP contribution >= 0.6 is 0 Å². The zero-order valence-corrected chi connectivity index (χ0v) is 20.8. The number of ether oxygens (including phenoxy) is 2. The zero-order chi connectivity index (χ0) is 26.0. The minimum Gasteiger partial charge on any atom is -0.481 e. The summed E-state index contributed by atoms with van der Waals surface area (Å²) in [6, 6.07) is 10.4. The Balaban J connectivity index is 1.40. The van der Waals surface area contributed by atoms with Crippen LogP contribution in [0, 0.1) is 11.8 Å². The van der Waals surface area contributed by atoms with E-state index >= 15 is 0 Å². The highest BCUT2D eigenvalue weighted by atomic mass is 16.5. The minimum atomic E-state index is -0.251. The number of benzene rings is 1. The molecule has 3 heterocycles. The fourth-order valence-electron chi connectivity index (χ4n) is 3.75. The number of nitrogens with one attached hydrogen (secondary N) is 2. The van der Waals surface area contributed by atoms with Crippen LogP contribution in [0.4, 0.5) is 17.5 Å². The molecule has 0 unspecified atom stereocenters. The lowest BCUT2D eigenvalue weighted by molar-refractivity contribution is 0.0653. The van der Waals surface area contributed by atoms with Gasteiger partial charge in [-0.3, -0.25) is 14.5 Å². The first-order valence-electron chi connectivity index (χ1n) is 11.9. The number of fused-ring (bicyclic) bond motifs is 1. The summed E-state index contributed by atoms with van der Waals surface area (Å²) in [5, 5.41) is 6.44. The van der Waals surface area contributed by atoms with Crippen LogP contribution in [0.1, 0.15) is 45.5 Å². The van der Waals surface area contributed by atoms with Crippen molar-refractivity contribution >= 4 is 29.3 Å². The third kappa shape index (κ3) is 6.39. The maximum absolute atomic E-state index is 12.5. The molecule has 0 saturated carbocycles. The van der Waals surface area contributed by atoms with Gasteiger partial charge in [-0.25, -0.2) is 9.97 Å². The lowest BCUT2D eigenvalue weighted by Gasteiger charge is -2.12. The molecular weight excluding hydrogens is 472 g/mol. The molecule has 2 N–H and O–H groups in total. The number of imide groups is 1. The SMILES string of the molecule is COCCCNc1nc(Nc2ccnc(OC)c2)ncc1C#CCCCN1C(=O)c2ccccc2C1=O. The van der Waals surface area contributed by atoms with Crippen molar-refractivity contribution in [2.24, 2.45) is 0 Å². The summed E-state index contributed by atoms with van der Waals surface area (Å²) in [7, 11) is 3.21. The van der Waals surface area contributed by atoms with E-state index in [1.807, 2.05) is 0 Å². The Kier molecular flexibility index (Phi) is 8.62. The van der Waals surface area contributed by atoms with Crippen LogP contribution in [0.2, 0.25) is 0 Å². The van der Waals surface area contributed by atoms with E-state index < -0.39 is 0 Å². The van der Waals surface area contributed by atoms with Gasteiger partial charge in [0.25, 0.3) is 11.8 Å². The minimum absolute atomic E-state index is 0.251. The maximum atomic E-state index is 12.5. The van der Waals surface area contributed by atoms with Crippen molar-refractivity contribution in [3.05, 3.63) is 65.5 Å². The highest BCUT2D eigenvalue weighted by molar-refractivity contribution is 6.21. The molecule has 0 fully saturated rings. The molecule has 10 nitrogen and oxygen atoms in total. The summed E-state index contributed by atoms with van der Waals surface area (Å²) >= 11 is 0. The third-order valence-electron chi connectivity index (χ3n) is 5.59. The second-order valence-corrected chi connectivity index (χ2v) is 8.15. The van der Waals surface area contributed by atoms with Gasteiger partial charge in [0.05, 0.1) is 30.0 Å². The standard InChI is InChI=1S/C27H28N6O4/c1-36-16-8-13-29-24-19(18-30-27(32-24)31-20-12-14-28-23(17-20)37-2)9-4-3-7-15-33-25(34)21-10-5-6-11-22(21)26(33)35/h5-6,10-12,14,17-18H,3,7-8,13,15-16H2,1-2H3,(H2,28,29,30,31,32). The molecule has 0 spiro atoms. The predicted octanol–water partition coefficient (Wildman–Crippen LogP) is 3.50.